The van der Waals surface area contributed by atoms with Gasteiger partial charge in [-0.3, -0.25) is 4.79 Å². The molecule has 8 heteroatoms. The van der Waals surface area contributed by atoms with Gasteiger partial charge in [-0.15, -0.1) is 0 Å². The summed E-state index contributed by atoms with van der Waals surface area (Å²) < 4.78 is 5.23. The largest absolute Gasteiger partial charge is 0.422 e. The highest BCUT2D eigenvalue weighted by atomic mass is 35.5. The molecule has 0 aliphatic heterocycles. The Hall–Kier alpha value is -3.45. The normalized spacial score (nSPS) is 25.7. The molecule has 2 aliphatic rings. The maximum atomic E-state index is 13.6. The summed E-state index contributed by atoms with van der Waals surface area (Å²) in [6, 6.07) is 15.5. The second kappa shape index (κ2) is 8.05. The average molecular weight is 493 g/mol. The van der Waals surface area contributed by atoms with Gasteiger partial charge in [0.2, 0.25) is 5.91 Å². The molecule has 1 N–H and O–H groups in total. The predicted molar refractivity (Wildman–Crippen MR) is 134 cm³/mol. The summed E-state index contributed by atoms with van der Waals surface area (Å²) in [6.07, 6.45) is 1.73. The topological polar surface area (TPSA) is 98.0 Å². The number of halogens is 1. The van der Waals surface area contributed by atoms with E-state index >= 15 is 0 Å². The molecule has 0 spiro atoms. The maximum absolute atomic E-state index is 13.6. The fourth-order valence-corrected chi connectivity index (χ4v) is 5.86. The predicted octanol–water partition coefficient (Wildman–Crippen LogP) is 5.81. The Kier molecular flexibility index (Phi) is 5.36. The van der Waals surface area contributed by atoms with Crippen molar-refractivity contribution in [2.45, 2.75) is 40.0 Å². The number of nitrogens with zero attached hydrogens (tertiary/aromatic N) is 1. The van der Waals surface area contributed by atoms with Gasteiger partial charge < -0.3 is 14.6 Å². The number of carbonyl (C=O) groups is 2. The van der Waals surface area contributed by atoms with Crippen LogP contribution in [0.3, 0.4) is 0 Å². The Labute approximate surface area is 207 Å². The fourth-order valence-electron chi connectivity index (χ4n) is 5.68. The molecule has 1 aromatic heterocycles. The van der Waals surface area contributed by atoms with Gasteiger partial charge in [-0.2, -0.15) is 0 Å². The van der Waals surface area contributed by atoms with Gasteiger partial charge >= 0.3 is 11.6 Å². The van der Waals surface area contributed by atoms with Crippen LogP contribution in [0.25, 0.3) is 11.0 Å². The van der Waals surface area contributed by atoms with Gasteiger partial charge in [0, 0.05) is 17.2 Å². The minimum absolute atomic E-state index is 0.133. The first-order chi connectivity index (χ1) is 16.6. The van der Waals surface area contributed by atoms with Gasteiger partial charge in [0.25, 0.3) is 0 Å². The molecular weight excluding hydrogens is 468 g/mol. The number of rotatable bonds is 4. The van der Waals surface area contributed by atoms with Crippen LogP contribution in [0.5, 0.6) is 0 Å². The molecule has 2 bridgehead atoms. The van der Waals surface area contributed by atoms with E-state index in [1.807, 2.05) is 13.0 Å². The maximum Gasteiger partial charge on any atom is 0.373 e. The molecule has 2 aliphatic carbocycles. The first-order valence-corrected chi connectivity index (χ1v) is 11.8. The number of anilines is 1. The third-order valence-electron chi connectivity index (χ3n) is 8.39. The number of amides is 1. The zero-order valence-electron chi connectivity index (χ0n) is 19.7. The van der Waals surface area contributed by atoms with Crippen LogP contribution in [0, 0.1) is 16.2 Å². The van der Waals surface area contributed by atoms with E-state index in [-0.39, 0.29) is 11.5 Å². The molecular formula is C27H25ClN2O5. The summed E-state index contributed by atoms with van der Waals surface area (Å²) in [5.74, 6) is -1.03. The summed E-state index contributed by atoms with van der Waals surface area (Å²) in [4.78, 5) is 43.9. The van der Waals surface area contributed by atoms with E-state index in [1.165, 1.54) is 6.07 Å². The van der Waals surface area contributed by atoms with Crippen LogP contribution < -0.4 is 10.9 Å². The summed E-state index contributed by atoms with van der Waals surface area (Å²) >= 11 is 6.26. The van der Waals surface area contributed by atoms with Gasteiger partial charge in [0.05, 0.1) is 21.8 Å². The lowest BCUT2D eigenvalue weighted by Gasteiger charge is -2.39. The number of para-hydroxylation sites is 2. The lowest BCUT2D eigenvalue weighted by Crippen LogP contribution is -2.43. The van der Waals surface area contributed by atoms with Crippen molar-refractivity contribution in [2.75, 3.05) is 5.32 Å². The van der Waals surface area contributed by atoms with E-state index in [9.17, 15) is 14.4 Å². The number of oxime groups is 1. The monoisotopic (exact) mass is 492 g/mol. The van der Waals surface area contributed by atoms with Crippen LogP contribution in [-0.4, -0.2) is 17.6 Å². The Bertz CT molecular complexity index is 1460. The van der Waals surface area contributed by atoms with Crippen LogP contribution in [0.2, 0.25) is 5.02 Å². The molecule has 2 aromatic carbocycles. The molecule has 0 radical (unpaired) electrons. The molecule has 2 saturated carbocycles. The van der Waals surface area contributed by atoms with E-state index in [0.29, 0.717) is 46.7 Å². The highest BCUT2D eigenvalue weighted by Gasteiger charge is 2.71. The van der Waals surface area contributed by atoms with Crippen LogP contribution in [0.4, 0.5) is 5.69 Å². The summed E-state index contributed by atoms with van der Waals surface area (Å²) in [5.41, 5.74) is -1.12. The minimum Gasteiger partial charge on any atom is -0.422 e. The molecule has 1 amide bonds. The van der Waals surface area contributed by atoms with E-state index in [4.69, 9.17) is 20.9 Å². The lowest BCUT2D eigenvalue weighted by atomic mass is 9.64. The van der Waals surface area contributed by atoms with Crippen molar-refractivity contribution in [3.8, 4) is 0 Å². The molecule has 3 aromatic rings. The van der Waals surface area contributed by atoms with Gasteiger partial charge in [-0.25, -0.2) is 9.59 Å². The number of hydrogen-bond donors (Lipinski definition) is 1. The SMILES string of the molecule is CC12CCC(C(=O)Nc3ccccc3Cl)(CC1=NOC(=O)c1cc3ccccc3oc1=O)C2(C)C. The molecule has 35 heavy (non-hydrogen) atoms. The first kappa shape index (κ1) is 23.3. The first-order valence-electron chi connectivity index (χ1n) is 11.5. The van der Waals surface area contributed by atoms with Crippen LogP contribution in [0.15, 0.2) is 69.0 Å². The van der Waals surface area contributed by atoms with Crippen molar-refractivity contribution in [3.05, 3.63) is 75.6 Å². The van der Waals surface area contributed by atoms with Crippen molar-refractivity contribution in [3.63, 3.8) is 0 Å². The number of hydrogen-bond acceptors (Lipinski definition) is 6. The molecule has 2 atom stereocenters. The Morgan fingerprint density at radius 2 is 1.77 bits per heavy atom. The van der Waals surface area contributed by atoms with Crippen LogP contribution in [0.1, 0.15) is 50.4 Å². The Morgan fingerprint density at radius 1 is 1.06 bits per heavy atom. The second-order valence-electron chi connectivity index (χ2n) is 10.1. The lowest BCUT2D eigenvalue weighted by molar-refractivity contribution is -0.130. The van der Waals surface area contributed by atoms with Crippen molar-refractivity contribution in [1.29, 1.82) is 0 Å². The zero-order chi connectivity index (χ0) is 25.0. The number of carbonyl (C=O) groups excluding carboxylic acids is 2. The number of benzene rings is 2. The Balaban J connectivity index is 1.43. The minimum atomic E-state index is -0.893. The number of fused-ring (bicyclic) bond motifs is 3. The molecule has 2 fully saturated rings. The smallest absolute Gasteiger partial charge is 0.373 e. The van der Waals surface area contributed by atoms with Crippen LogP contribution in [-0.2, 0) is 9.63 Å². The van der Waals surface area contributed by atoms with E-state index in [1.54, 1.807) is 42.5 Å². The average Bonchev–Trinajstić information content (AvgIpc) is 3.14. The highest BCUT2D eigenvalue weighted by molar-refractivity contribution is 6.33. The van der Waals surface area contributed by atoms with Gasteiger partial charge in [-0.1, -0.05) is 67.9 Å². The molecule has 0 saturated heterocycles. The Morgan fingerprint density at radius 3 is 2.54 bits per heavy atom. The van der Waals surface area contributed by atoms with Crippen LogP contribution >= 0.6 is 11.6 Å². The highest BCUT2D eigenvalue weighted by Crippen LogP contribution is 2.71. The molecule has 1 heterocycles. The fraction of sp³-hybridized carbons (Fsp3) is 0.333. The summed E-state index contributed by atoms with van der Waals surface area (Å²) in [5, 5.41) is 8.27. The van der Waals surface area contributed by atoms with Crippen molar-refractivity contribution >= 4 is 45.8 Å². The van der Waals surface area contributed by atoms with E-state index < -0.39 is 27.8 Å². The molecule has 2 unspecified atom stereocenters. The van der Waals surface area contributed by atoms with Gasteiger partial charge in [0.15, 0.2) is 0 Å². The van der Waals surface area contributed by atoms with E-state index in [0.717, 1.165) is 0 Å². The van der Waals surface area contributed by atoms with Gasteiger partial charge in [0.1, 0.15) is 11.1 Å². The van der Waals surface area contributed by atoms with Gasteiger partial charge in [-0.05, 0) is 42.5 Å². The summed E-state index contributed by atoms with van der Waals surface area (Å²) in [6.45, 7) is 6.14. The molecule has 5 rings (SSSR count). The van der Waals surface area contributed by atoms with Crippen molar-refractivity contribution < 1.29 is 18.8 Å². The quantitative estimate of drug-likeness (QED) is 0.281. The molecule has 180 valence electrons. The standard InChI is InChI=1S/C27H25ClN2O5/c1-25(2)26(3)12-13-27(25,24(33)29-19-10-6-5-9-18(19)28)15-21(26)30-35-23(32)17-14-16-8-4-7-11-20(16)34-22(17)31/h4-11,14H,12-13,15H2,1-3H3,(H,29,33). The summed E-state index contributed by atoms with van der Waals surface area (Å²) in [7, 11) is 0. The third-order valence-corrected chi connectivity index (χ3v) is 8.72. The van der Waals surface area contributed by atoms with Crippen molar-refractivity contribution in [2.24, 2.45) is 21.4 Å². The third kappa shape index (κ3) is 3.40. The second-order valence-corrected chi connectivity index (χ2v) is 10.5. The molecule has 7 nitrogen and oxygen atoms in total. The number of nitrogens with one attached hydrogen (secondary N) is 1. The zero-order valence-corrected chi connectivity index (χ0v) is 20.4. The van der Waals surface area contributed by atoms with Crippen molar-refractivity contribution in [1.82, 2.24) is 0 Å². The van der Waals surface area contributed by atoms with E-state index in [2.05, 4.69) is 24.3 Å².